The summed E-state index contributed by atoms with van der Waals surface area (Å²) in [6, 6.07) is 10.4. The molecule has 0 spiro atoms. The molecule has 7 heteroatoms. The Morgan fingerprint density at radius 2 is 1.84 bits per heavy atom. The van der Waals surface area contributed by atoms with Crippen molar-refractivity contribution in [2.75, 3.05) is 26.0 Å². The highest BCUT2D eigenvalue weighted by Crippen LogP contribution is 2.12. The van der Waals surface area contributed by atoms with Gasteiger partial charge in [-0.15, -0.1) is 11.3 Å². The van der Waals surface area contributed by atoms with Crippen LogP contribution in [0.4, 0.5) is 5.69 Å². The Hall–Kier alpha value is -2.67. The third kappa shape index (κ3) is 6.04. The van der Waals surface area contributed by atoms with Gasteiger partial charge in [0.25, 0.3) is 11.8 Å². The molecule has 0 saturated heterocycles. The largest absolute Gasteiger partial charge is 0.456 e. The van der Waals surface area contributed by atoms with E-state index in [1.165, 1.54) is 4.90 Å². The van der Waals surface area contributed by atoms with E-state index < -0.39 is 11.9 Å². The molecule has 0 aliphatic carbocycles. The lowest BCUT2D eigenvalue weighted by molar-refractivity contribution is -0.147. The van der Waals surface area contributed by atoms with Crippen LogP contribution in [0.3, 0.4) is 0 Å². The lowest BCUT2D eigenvalue weighted by Gasteiger charge is -2.11. The number of nitrogens with one attached hydrogen (secondary N) is 1. The van der Waals surface area contributed by atoms with Gasteiger partial charge in [0, 0.05) is 30.2 Å². The fourth-order valence-corrected chi connectivity index (χ4v) is 2.76. The molecule has 2 rings (SSSR count). The zero-order valence-corrected chi connectivity index (χ0v) is 15.0. The topological polar surface area (TPSA) is 75.7 Å². The van der Waals surface area contributed by atoms with E-state index in [0.29, 0.717) is 17.7 Å². The lowest BCUT2D eigenvalue weighted by Crippen LogP contribution is -2.22. The normalized spacial score (nSPS) is 10.2. The Morgan fingerprint density at radius 3 is 2.44 bits per heavy atom. The van der Waals surface area contributed by atoms with Crippen LogP contribution in [0, 0.1) is 0 Å². The summed E-state index contributed by atoms with van der Waals surface area (Å²) in [7, 11) is 3.34. The molecular weight excluding hydrogens is 340 g/mol. The molecule has 2 aromatic rings. The molecule has 0 aliphatic rings. The van der Waals surface area contributed by atoms with E-state index in [4.69, 9.17) is 4.74 Å². The Bertz CT molecular complexity index is 724. The molecule has 0 unspecified atom stereocenters. The number of carbonyl (C=O) groups excluding carboxylic acids is 3. The van der Waals surface area contributed by atoms with Crippen molar-refractivity contribution in [1.82, 2.24) is 4.90 Å². The van der Waals surface area contributed by atoms with Crippen LogP contribution in [0.15, 0.2) is 41.8 Å². The van der Waals surface area contributed by atoms with Gasteiger partial charge in [-0.1, -0.05) is 6.07 Å². The van der Waals surface area contributed by atoms with Crippen LogP contribution in [0.25, 0.3) is 0 Å². The first kappa shape index (κ1) is 18.7. The number of ether oxygens (including phenoxy) is 1. The summed E-state index contributed by atoms with van der Waals surface area (Å²) in [4.78, 5) is 37.8. The van der Waals surface area contributed by atoms with Crippen LogP contribution in [0.1, 0.15) is 21.7 Å². The van der Waals surface area contributed by atoms with Crippen molar-refractivity contribution in [1.29, 1.82) is 0 Å². The van der Waals surface area contributed by atoms with Gasteiger partial charge in [-0.25, -0.2) is 0 Å². The number of esters is 1. The average Bonchev–Trinajstić information content (AvgIpc) is 3.11. The second kappa shape index (κ2) is 8.98. The minimum Gasteiger partial charge on any atom is -0.456 e. The quantitative estimate of drug-likeness (QED) is 0.770. The van der Waals surface area contributed by atoms with Crippen LogP contribution in [0.2, 0.25) is 0 Å². The number of aryl methyl sites for hydroxylation is 1. The van der Waals surface area contributed by atoms with Gasteiger partial charge in [0.2, 0.25) is 0 Å². The van der Waals surface area contributed by atoms with Gasteiger partial charge in [-0.3, -0.25) is 14.4 Å². The Kier molecular flexibility index (Phi) is 6.71. The van der Waals surface area contributed by atoms with E-state index in [2.05, 4.69) is 5.32 Å². The second-order valence-corrected chi connectivity index (χ2v) is 6.60. The highest BCUT2D eigenvalue weighted by atomic mass is 32.1. The van der Waals surface area contributed by atoms with Crippen LogP contribution in [-0.2, 0) is 20.7 Å². The molecule has 1 aromatic carbocycles. The molecule has 0 radical (unpaired) electrons. The number of benzene rings is 1. The van der Waals surface area contributed by atoms with Gasteiger partial charge in [-0.05, 0) is 42.1 Å². The van der Waals surface area contributed by atoms with Crippen LogP contribution < -0.4 is 5.32 Å². The lowest BCUT2D eigenvalue weighted by atomic mass is 10.2. The fraction of sp³-hybridized carbons (Fsp3) is 0.278. The van der Waals surface area contributed by atoms with Crippen LogP contribution >= 0.6 is 11.3 Å². The zero-order chi connectivity index (χ0) is 18.2. The Labute approximate surface area is 150 Å². The third-order valence-electron chi connectivity index (χ3n) is 3.34. The van der Waals surface area contributed by atoms with E-state index in [1.54, 1.807) is 49.7 Å². The summed E-state index contributed by atoms with van der Waals surface area (Å²) in [5, 5.41) is 4.57. The SMILES string of the molecule is CN(C)C(=O)c1ccc(NC(=O)COC(=O)CCc2cccs2)cc1. The number of nitrogens with zero attached hydrogens (tertiary/aromatic N) is 1. The molecule has 0 saturated carbocycles. The molecule has 1 aromatic heterocycles. The van der Waals surface area contributed by atoms with Gasteiger partial charge in [0.05, 0.1) is 6.42 Å². The molecule has 132 valence electrons. The van der Waals surface area contributed by atoms with Crippen LogP contribution in [0.5, 0.6) is 0 Å². The molecule has 25 heavy (non-hydrogen) atoms. The fourth-order valence-electron chi connectivity index (χ4n) is 2.05. The van der Waals surface area contributed by atoms with Crippen LogP contribution in [-0.4, -0.2) is 43.4 Å². The van der Waals surface area contributed by atoms with Crippen molar-refractivity contribution < 1.29 is 19.1 Å². The van der Waals surface area contributed by atoms with Crippen molar-refractivity contribution in [2.45, 2.75) is 12.8 Å². The van der Waals surface area contributed by atoms with Gasteiger partial charge in [-0.2, -0.15) is 0 Å². The average molecular weight is 360 g/mol. The number of anilines is 1. The molecule has 0 atom stereocenters. The zero-order valence-electron chi connectivity index (χ0n) is 14.2. The summed E-state index contributed by atoms with van der Waals surface area (Å²) in [5.74, 6) is -0.941. The first-order valence-corrected chi connectivity index (χ1v) is 8.63. The molecule has 0 aliphatic heterocycles. The predicted molar refractivity (Wildman–Crippen MR) is 96.7 cm³/mol. The maximum absolute atomic E-state index is 11.8. The summed E-state index contributed by atoms with van der Waals surface area (Å²) in [6.45, 7) is -0.332. The second-order valence-electron chi connectivity index (χ2n) is 5.57. The minimum absolute atomic E-state index is 0.113. The van der Waals surface area contributed by atoms with E-state index in [1.807, 2.05) is 17.5 Å². The van der Waals surface area contributed by atoms with Crippen molar-refractivity contribution >= 4 is 34.8 Å². The summed E-state index contributed by atoms with van der Waals surface area (Å²) in [5.41, 5.74) is 1.07. The van der Waals surface area contributed by atoms with Crippen molar-refractivity contribution in [3.8, 4) is 0 Å². The number of hydrogen-bond acceptors (Lipinski definition) is 5. The summed E-state index contributed by atoms with van der Waals surface area (Å²) < 4.78 is 4.96. The Morgan fingerprint density at radius 1 is 1.12 bits per heavy atom. The van der Waals surface area contributed by atoms with Gasteiger partial charge < -0.3 is 15.0 Å². The first-order chi connectivity index (χ1) is 12.0. The standard InChI is InChI=1S/C18H20N2O4S/c1-20(2)18(23)13-5-7-14(8-6-13)19-16(21)12-24-17(22)10-9-15-4-3-11-25-15/h3-8,11H,9-10,12H2,1-2H3,(H,19,21). The highest BCUT2D eigenvalue weighted by molar-refractivity contribution is 7.09. The van der Waals surface area contributed by atoms with E-state index in [-0.39, 0.29) is 18.9 Å². The molecule has 6 nitrogen and oxygen atoms in total. The highest BCUT2D eigenvalue weighted by Gasteiger charge is 2.10. The Balaban J connectivity index is 1.74. The molecular formula is C18H20N2O4S. The van der Waals surface area contributed by atoms with Crippen molar-refractivity contribution in [3.05, 3.63) is 52.2 Å². The molecule has 0 fully saturated rings. The smallest absolute Gasteiger partial charge is 0.306 e. The maximum atomic E-state index is 11.8. The third-order valence-corrected chi connectivity index (χ3v) is 4.28. The molecule has 0 bridgehead atoms. The van der Waals surface area contributed by atoms with Crippen molar-refractivity contribution in [3.63, 3.8) is 0 Å². The molecule has 1 heterocycles. The van der Waals surface area contributed by atoms with Gasteiger partial charge in [0.15, 0.2) is 6.61 Å². The number of hydrogen-bond donors (Lipinski definition) is 1. The number of thiophene rings is 1. The monoisotopic (exact) mass is 360 g/mol. The molecule has 2 amide bonds. The molecule has 1 N–H and O–H groups in total. The van der Waals surface area contributed by atoms with E-state index in [9.17, 15) is 14.4 Å². The van der Waals surface area contributed by atoms with E-state index in [0.717, 1.165) is 4.88 Å². The van der Waals surface area contributed by atoms with Gasteiger partial charge in [0.1, 0.15) is 0 Å². The summed E-state index contributed by atoms with van der Waals surface area (Å²) in [6.07, 6.45) is 0.856. The number of amides is 2. The first-order valence-electron chi connectivity index (χ1n) is 7.75. The number of rotatable bonds is 7. The minimum atomic E-state index is -0.420. The maximum Gasteiger partial charge on any atom is 0.306 e. The van der Waals surface area contributed by atoms with Gasteiger partial charge >= 0.3 is 5.97 Å². The van der Waals surface area contributed by atoms with Crippen molar-refractivity contribution in [2.24, 2.45) is 0 Å². The summed E-state index contributed by atoms with van der Waals surface area (Å²) >= 11 is 1.58. The van der Waals surface area contributed by atoms with E-state index >= 15 is 0 Å². The number of carbonyl (C=O) groups is 3. The predicted octanol–water partition coefficient (Wildman–Crippen LogP) is 2.56.